The van der Waals surface area contributed by atoms with Crippen molar-refractivity contribution in [2.45, 2.75) is 13.3 Å². The minimum absolute atomic E-state index is 0.0243. The van der Waals surface area contributed by atoms with Crippen molar-refractivity contribution in [3.8, 4) is 0 Å². The predicted octanol–water partition coefficient (Wildman–Crippen LogP) is -0.128. The molecule has 46 valence electrons. The van der Waals surface area contributed by atoms with Gasteiger partial charge in [0.15, 0.2) is 0 Å². The average Bonchev–Trinajstić information content (AvgIpc) is 1.65. The first-order valence-electron chi connectivity index (χ1n) is 2.15. The maximum atomic E-state index is 10.3. The molecule has 0 heterocycles. The molecule has 0 aliphatic rings. The van der Waals surface area contributed by atoms with E-state index in [0.717, 1.165) is 0 Å². The van der Waals surface area contributed by atoms with E-state index in [1.807, 2.05) is 9.39 Å². The zero-order valence-electron chi connectivity index (χ0n) is 4.60. The van der Waals surface area contributed by atoms with E-state index in [2.05, 4.69) is 5.09 Å². The molecule has 0 saturated heterocycles. The van der Waals surface area contributed by atoms with Crippen molar-refractivity contribution < 1.29 is 9.59 Å². The second-order valence-electron chi connectivity index (χ2n) is 1.45. The fourth-order valence-corrected chi connectivity index (χ4v) is 0.379. The first kappa shape index (κ1) is 7.57. The molecule has 0 aromatic rings. The van der Waals surface area contributed by atoms with Gasteiger partial charge in [-0.15, -0.1) is 0 Å². The van der Waals surface area contributed by atoms with E-state index in [-0.39, 0.29) is 18.1 Å². The molecule has 0 aliphatic heterocycles. The highest BCUT2D eigenvalue weighted by Gasteiger charge is 1.99. The Kier molecular flexibility index (Phi) is 3.37. The lowest BCUT2D eigenvalue weighted by Gasteiger charge is -1.91. The quantitative estimate of drug-likeness (QED) is 0.421. The number of hydrogen-bond acceptors (Lipinski definition) is 2. The van der Waals surface area contributed by atoms with Crippen molar-refractivity contribution in [2.75, 3.05) is 0 Å². The molecule has 3 nitrogen and oxygen atoms in total. The second kappa shape index (κ2) is 3.56. The maximum absolute atomic E-state index is 10.3. The summed E-state index contributed by atoms with van der Waals surface area (Å²) in [5.41, 5.74) is 0. The predicted molar refractivity (Wildman–Crippen MR) is 33.2 cm³/mol. The summed E-state index contributed by atoms with van der Waals surface area (Å²) in [6, 6.07) is 0. The van der Waals surface area contributed by atoms with Gasteiger partial charge in [0.1, 0.15) is 5.78 Å². The van der Waals surface area contributed by atoms with Gasteiger partial charge in [0.25, 0.3) is 0 Å². The van der Waals surface area contributed by atoms with Crippen molar-refractivity contribution in [1.82, 2.24) is 5.09 Å². The van der Waals surface area contributed by atoms with E-state index in [4.69, 9.17) is 0 Å². The molecule has 1 amide bonds. The molecule has 0 bridgehead atoms. The molecule has 0 radical (unpaired) electrons. The van der Waals surface area contributed by atoms with Crippen LogP contribution in [0.15, 0.2) is 0 Å². The summed E-state index contributed by atoms with van der Waals surface area (Å²) in [6.07, 6.45) is -0.0243. The van der Waals surface area contributed by atoms with Gasteiger partial charge >= 0.3 is 0 Å². The van der Waals surface area contributed by atoms with Gasteiger partial charge in [0.05, 0.1) is 6.42 Å². The molecule has 0 spiro atoms. The average molecular weight is 133 g/mol. The van der Waals surface area contributed by atoms with Crippen molar-refractivity contribution >= 4 is 21.1 Å². The largest absolute Gasteiger partial charge is 0.340 e. The topological polar surface area (TPSA) is 46.2 Å². The molecule has 0 fully saturated rings. The fourth-order valence-electron chi connectivity index (χ4n) is 0.277. The molecule has 8 heavy (non-hydrogen) atoms. The second-order valence-corrected chi connectivity index (χ2v) is 1.73. The third-order valence-electron chi connectivity index (χ3n) is 0.570. The van der Waals surface area contributed by atoms with Crippen LogP contribution in [0.3, 0.4) is 0 Å². The monoisotopic (exact) mass is 133 g/mol. The molecule has 0 saturated carbocycles. The Morgan fingerprint density at radius 3 is 2.25 bits per heavy atom. The van der Waals surface area contributed by atoms with E-state index in [9.17, 15) is 9.59 Å². The Hall–Kier alpha value is -0.430. The van der Waals surface area contributed by atoms with Crippen LogP contribution in [-0.2, 0) is 9.59 Å². The number of ketones is 1. The minimum Gasteiger partial charge on any atom is -0.340 e. The van der Waals surface area contributed by atoms with Crippen LogP contribution in [-0.4, -0.2) is 11.7 Å². The summed E-state index contributed by atoms with van der Waals surface area (Å²) in [5.74, 6) is -0.382. The van der Waals surface area contributed by atoms with Crippen LogP contribution in [0.25, 0.3) is 0 Å². The van der Waals surface area contributed by atoms with Gasteiger partial charge in [-0.3, -0.25) is 9.59 Å². The van der Waals surface area contributed by atoms with Gasteiger partial charge < -0.3 is 5.09 Å². The molecule has 1 unspecified atom stereocenters. The summed E-state index contributed by atoms with van der Waals surface area (Å²) in [7, 11) is 2.03. The van der Waals surface area contributed by atoms with E-state index in [0.29, 0.717) is 0 Å². The molecule has 1 atom stereocenters. The zero-order chi connectivity index (χ0) is 6.57. The number of amides is 1. The molecule has 4 heteroatoms. The lowest BCUT2D eigenvalue weighted by atomic mass is 10.3. The third kappa shape index (κ3) is 3.75. The fraction of sp³-hybridized carbons (Fsp3) is 0.500. The molecule has 0 rings (SSSR count). The number of Topliss-reactive ketones (excluding diaryl/α,β-unsaturated/α-hetero) is 1. The van der Waals surface area contributed by atoms with E-state index < -0.39 is 0 Å². The van der Waals surface area contributed by atoms with E-state index >= 15 is 0 Å². The number of hydrogen-bond donors (Lipinski definition) is 1. The molecule has 1 N–H and O–H groups in total. The van der Waals surface area contributed by atoms with Crippen molar-refractivity contribution in [3.05, 3.63) is 0 Å². The Morgan fingerprint density at radius 2 is 2.12 bits per heavy atom. The highest BCUT2D eigenvalue weighted by atomic mass is 31.0. The van der Waals surface area contributed by atoms with Crippen molar-refractivity contribution in [3.63, 3.8) is 0 Å². The van der Waals surface area contributed by atoms with Gasteiger partial charge in [-0.05, 0) is 16.3 Å². The molecular weight excluding hydrogens is 125 g/mol. The standard InChI is InChI=1S/C4H8NO2P/c1-3(6)2-4(7)5-8/h2,8H2,1H3,(H,5,7). The maximum Gasteiger partial charge on any atom is 0.230 e. The van der Waals surface area contributed by atoms with Crippen LogP contribution in [0.4, 0.5) is 0 Å². The third-order valence-corrected chi connectivity index (χ3v) is 0.892. The first-order chi connectivity index (χ1) is 3.66. The van der Waals surface area contributed by atoms with Gasteiger partial charge in [-0.1, -0.05) is 0 Å². The highest BCUT2D eigenvalue weighted by molar-refractivity contribution is 7.15. The van der Waals surface area contributed by atoms with Crippen molar-refractivity contribution in [1.29, 1.82) is 0 Å². The van der Waals surface area contributed by atoms with Crippen LogP contribution in [0.5, 0.6) is 0 Å². The summed E-state index contributed by atoms with van der Waals surface area (Å²) >= 11 is 0. The smallest absolute Gasteiger partial charge is 0.230 e. The number of nitrogens with one attached hydrogen (secondary N) is 1. The van der Waals surface area contributed by atoms with Gasteiger partial charge in [-0.25, -0.2) is 0 Å². The van der Waals surface area contributed by atoms with Gasteiger partial charge in [0, 0.05) is 0 Å². The molecular formula is C4H8NO2P. The van der Waals surface area contributed by atoms with E-state index in [1.165, 1.54) is 6.92 Å². The minimum atomic E-state index is -0.262. The van der Waals surface area contributed by atoms with Crippen LogP contribution >= 0.6 is 9.39 Å². The summed E-state index contributed by atoms with van der Waals surface area (Å²) in [6.45, 7) is 1.37. The Labute approximate surface area is 50.1 Å². The Morgan fingerprint density at radius 1 is 1.62 bits per heavy atom. The first-order valence-corrected chi connectivity index (χ1v) is 2.73. The molecule has 0 aromatic heterocycles. The normalized spacial score (nSPS) is 8.25. The van der Waals surface area contributed by atoms with Gasteiger partial charge in [-0.2, -0.15) is 0 Å². The summed E-state index contributed by atoms with van der Waals surface area (Å²) in [5, 5.41) is 2.25. The summed E-state index contributed by atoms with van der Waals surface area (Å²) in [4.78, 5) is 20.4. The van der Waals surface area contributed by atoms with Crippen LogP contribution in [0.2, 0.25) is 0 Å². The van der Waals surface area contributed by atoms with Crippen LogP contribution < -0.4 is 5.09 Å². The number of carbonyl (C=O) groups excluding carboxylic acids is 2. The molecule has 0 aliphatic carbocycles. The zero-order valence-corrected chi connectivity index (χ0v) is 5.76. The van der Waals surface area contributed by atoms with E-state index in [1.54, 1.807) is 0 Å². The number of rotatable bonds is 2. The summed E-state index contributed by atoms with van der Waals surface area (Å²) < 4.78 is 0. The number of carbonyl (C=O) groups is 2. The molecule has 0 aromatic carbocycles. The SMILES string of the molecule is CC(=O)CC(=O)NP. The lowest BCUT2D eigenvalue weighted by Crippen LogP contribution is -2.14. The van der Waals surface area contributed by atoms with Crippen LogP contribution in [0.1, 0.15) is 13.3 Å². The Bertz CT molecular complexity index is 113. The van der Waals surface area contributed by atoms with Crippen LogP contribution in [0, 0.1) is 0 Å². The van der Waals surface area contributed by atoms with Crippen molar-refractivity contribution in [2.24, 2.45) is 0 Å². The lowest BCUT2D eigenvalue weighted by molar-refractivity contribution is -0.125. The Balaban J connectivity index is 3.40. The highest BCUT2D eigenvalue weighted by Crippen LogP contribution is 1.82. The van der Waals surface area contributed by atoms with Gasteiger partial charge in [0.2, 0.25) is 5.91 Å².